The first-order valence-corrected chi connectivity index (χ1v) is 5.12. The average molecular weight is 201 g/mol. The molecule has 0 saturated heterocycles. The van der Waals surface area contributed by atoms with Crippen LogP contribution in [0.5, 0.6) is 0 Å². The highest BCUT2D eigenvalue weighted by Gasteiger charge is 2.06. The molecule has 3 aromatic heterocycles. The lowest BCUT2D eigenvalue weighted by atomic mass is 10.3. The van der Waals surface area contributed by atoms with Gasteiger partial charge in [0.2, 0.25) is 0 Å². The van der Waals surface area contributed by atoms with Gasteiger partial charge in [-0.1, -0.05) is 0 Å². The molecule has 3 rings (SSSR count). The average Bonchev–Trinajstić information content (AvgIpc) is 2.54. The number of rotatable bonds is 0. The maximum Gasteiger partial charge on any atom is 0.126 e. The Bertz CT molecular complexity index is 615. The maximum absolute atomic E-state index is 4.46. The summed E-state index contributed by atoms with van der Waals surface area (Å²) in [4.78, 5) is 13.8. The summed E-state index contributed by atoms with van der Waals surface area (Å²) in [6, 6.07) is 4.08. The molecule has 0 amide bonds. The number of aromatic nitrogens is 3. The zero-order valence-corrected chi connectivity index (χ0v) is 8.38. The number of thiophene rings is 1. The highest BCUT2D eigenvalue weighted by molar-refractivity contribution is 7.25. The molecule has 0 bridgehead atoms. The van der Waals surface area contributed by atoms with Crippen LogP contribution in [0.4, 0.5) is 0 Å². The molecular weight excluding hydrogens is 194 g/mol. The molecule has 68 valence electrons. The van der Waals surface area contributed by atoms with Gasteiger partial charge in [-0.3, -0.25) is 0 Å². The lowest BCUT2D eigenvalue weighted by Gasteiger charge is -1.90. The van der Waals surface area contributed by atoms with E-state index in [4.69, 9.17) is 0 Å². The first kappa shape index (κ1) is 7.82. The molecule has 3 heterocycles. The van der Waals surface area contributed by atoms with E-state index in [1.165, 1.54) is 0 Å². The first-order chi connectivity index (χ1) is 6.84. The molecule has 0 N–H and O–H groups in total. The summed E-state index contributed by atoms with van der Waals surface area (Å²) in [6.45, 7) is 2.00. The third kappa shape index (κ3) is 1.01. The van der Waals surface area contributed by atoms with Crippen molar-refractivity contribution in [3.05, 3.63) is 30.4 Å². The summed E-state index contributed by atoms with van der Waals surface area (Å²) in [6.07, 6.45) is 3.42. The molecule has 0 saturated carbocycles. The zero-order valence-electron chi connectivity index (χ0n) is 7.56. The molecule has 0 aliphatic heterocycles. The molecule has 3 nitrogen and oxygen atoms in total. The van der Waals surface area contributed by atoms with Crippen molar-refractivity contribution >= 4 is 31.8 Å². The lowest BCUT2D eigenvalue weighted by Crippen LogP contribution is -1.78. The van der Waals surface area contributed by atoms with E-state index in [1.54, 1.807) is 17.7 Å². The summed E-state index contributed by atoms with van der Waals surface area (Å²) < 4.78 is 1.10. The number of hydrogen-bond acceptors (Lipinski definition) is 4. The van der Waals surface area contributed by atoms with Crippen LogP contribution < -0.4 is 0 Å². The van der Waals surface area contributed by atoms with Gasteiger partial charge in [0, 0.05) is 17.3 Å². The van der Waals surface area contributed by atoms with Gasteiger partial charge in [-0.2, -0.15) is 0 Å². The summed E-state index contributed by atoms with van der Waals surface area (Å²) in [5, 5.41) is 1.12. The van der Waals surface area contributed by atoms with E-state index in [9.17, 15) is 0 Å². The molecule has 0 radical (unpaired) electrons. The van der Waals surface area contributed by atoms with Crippen molar-refractivity contribution in [2.24, 2.45) is 0 Å². The summed E-state index contributed by atoms with van der Waals surface area (Å²) >= 11 is 1.64. The molecule has 0 fully saturated rings. The van der Waals surface area contributed by atoms with E-state index in [-0.39, 0.29) is 0 Å². The van der Waals surface area contributed by atoms with Crippen molar-refractivity contribution in [2.75, 3.05) is 0 Å². The predicted molar refractivity (Wildman–Crippen MR) is 57.5 cm³/mol. The second-order valence-corrected chi connectivity index (χ2v) is 4.17. The van der Waals surface area contributed by atoms with Crippen molar-refractivity contribution in [1.29, 1.82) is 0 Å². The number of aryl methyl sites for hydroxylation is 1. The van der Waals surface area contributed by atoms with Gasteiger partial charge in [-0.05, 0) is 19.1 Å². The Morgan fingerprint density at radius 1 is 1.29 bits per heavy atom. The SMILES string of the molecule is Cc1ccc2c(n1)sc1cncnc12. The van der Waals surface area contributed by atoms with E-state index in [1.807, 2.05) is 19.2 Å². The van der Waals surface area contributed by atoms with Gasteiger partial charge in [0.25, 0.3) is 0 Å². The van der Waals surface area contributed by atoms with Crippen LogP contribution in [0, 0.1) is 6.92 Å². The Morgan fingerprint density at radius 3 is 3.14 bits per heavy atom. The lowest BCUT2D eigenvalue weighted by molar-refractivity contribution is 1.23. The van der Waals surface area contributed by atoms with E-state index in [2.05, 4.69) is 21.0 Å². The van der Waals surface area contributed by atoms with Crippen LogP contribution in [0.3, 0.4) is 0 Å². The molecule has 0 spiro atoms. The van der Waals surface area contributed by atoms with Crippen LogP contribution in [0.2, 0.25) is 0 Å². The maximum atomic E-state index is 4.46. The molecule has 14 heavy (non-hydrogen) atoms. The Balaban J connectivity index is 2.57. The summed E-state index contributed by atoms with van der Waals surface area (Å²) in [5.74, 6) is 0. The van der Waals surface area contributed by atoms with Gasteiger partial charge in [0.05, 0.1) is 10.2 Å². The van der Waals surface area contributed by atoms with Gasteiger partial charge in [-0.25, -0.2) is 15.0 Å². The van der Waals surface area contributed by atoms with Crippen LogP contribution in [-0.4, -0.2) is 15.0 Å². The van der Waals surface area contributed by atoms with E-state index in [0.717, 1.165) is 26.1 Å². The van der Waals surface area contributed by atoms with Crippen LogP contribution in [0.15, 0.2) is 24.7 Å². The van der Waals surface area contributed by atoms with Crippen LogP contribution >= 0.6 is 11.3 Å². The molecule has 0 aromatic carbocycles. The van der Waals surface area contributed by atoms with Crippen molar-refractivity contribution in [2.45, 2.75) is 6.92 Å². The summed E-state index contributed by atoms with van der Waals surface area (Å²) in [7, 11) is 0. The van der Waals surface area contributed by atoms with Gasteiger partial charge in [-0.15, -0.1) is 11.3 Å². The number of pyridine rings is 1. The van der Waals surface area contributed by atoms with Crippen molar-refractivity contribution in [3.63, 3.8) is 0 Å². The van der Waals surface area contributed by atoms with Gasteiger partial charge >= 0.3 is 0 Å². The Kier molecular flexibility index (Phi) is 1.52. The number of fused-ring (bicyclic) bond motifs is 3. The van der Waals surface area contributed by atoms with Crippen molar-refractivity contribution in [1.82, 2.24) is 15.0 Å². The number of hydrogen-bond donors (Lipinski definition) is 0. The monoisotopic (exact) mass is 201 g/mol. The fraction of sp³-hybridized carbons (Fsp3) is 0.100. The molecule has 4 heteroatoms. The minimum Gasteiger partial charge on any atom is -0.243 e. The molecule has 3 aromatic rings. The molecule has 0 aliphatic rings. The highest BCUT2D eigenvalue weighted by Crippen LogP contribution is 2.29. The van der Waals surface area contributed by atoms with Crippen LogP contribution in [-0.2, 0) is 0 Å². The molecular formula is C10H7N3S. The Hall–Kier alpha value is -1.55. The second kappa shape index (κ2) is 2.72. The highest BCUT2D eigenvalue weighted by atomic mass is 32.1. The van der Waals surface area contributed by atoms with Gasteiger partial charge < -0.3 is 0 Å². The molecule has 0 atom stereocenters. The van der Waals surface area contributed by atoms with Gasteiger partial charge in [0.1, 0.15) is 11.2 Å². The van der Waals surface area contributed by atoms with Crippen LogP contribution in [0.1, 0.15) is 5.69 Å². The fourth-order valence-electron chi connectivity index (χ4n) is 1.49. The normalized spacial score (nSPS) is 11.2. The van der Waals surface area contributed by atoms with E-state index < -0.39 is 0 Å². The van der Waals surface area contributed by atoms with Crippen LogP contribution in [0.25, 0.3) is 20.4 Å². The minimum atomic E-state index is 1.01. The zero-order chi connectivity index (χ0) is 9.54. The van der Waals surface area contributed by atoms with Crippen molar-refractivity contribution in [3.8, 4) is 0 Å². The summed E-state index contributed by atoms with van der Waals surface area (Å²) in [5.41, 5.74) is 2.05. The van der Waals surface area contributed by atoms with E-state index in [0.29, 0.717) is 0 Å². The van der Waals surface area contributed by atoms with E-state index >= 15 is 0 Å². The topological polar surface area (TPSA) is 38.7 Å². The third-order valence-electron chi connectivity index (χ3n) is 2.14. The smallest absolute Gasteiger partial charge is 0.126 e. The largest absolute Gasteiger partial charge is 0.243 e. The van der Waals surface area contributed by atoms with Gasteiger partial charge in [0.15, 0.2) is 0 Å². The Morgan fingerprint density at radius 2 is 2.21 bits per heavy atom. The quantitative estimate of drug-likeness (QED) is 0.561. The van der Waals surface area contributed by atoms with Crippen molar-refractivity contribution < 1.29 is 0 Å². The first-order valence-electron chi connectivity index (χ1n) is 4.30. The predicted octanol–water partition coefficient (Wildman–Crippen LogP) is 2.55. The molecule has 0 unspecified atom stereocenters. The standard InChI is InChI=1S/C10H7N3S/c1-6-2-3-7-9-8(4-11-5-12-9)14-10(7)13-6/h2-5H,1H3. The second-order valence-electron chi connectivity index (χ2n) is 3.14. The minimum absolute atomic E-state index is 1.01. The molecule has 0 aliphatic carbocycles. The third-order valence-corrected chi connectivity index (χ3v) is 3.16. The fourth-order valence-corrected chi connectivity index (χ4v) is 2.53. The number of nitrogens with zero attached hydrogens (tertiary/aromatic N) is 3. The Labute approximate surface area is 84.5 Å².